The molecule has 1 aromatic rings. The highest BCUT2D eigenvalue weighted by atomic mass is 16.5. The highest BCUT2D eigenvalue weighted by Gasteiger charge is 2.67. The average molecular weight is 339 g/mol. The smallest absolute Gasteiger partial charge is 0.177 e. The number of carbonyl (C=O) groups is 1. The van der Waals surface area contributed by atoms with E-state index in [0.29, 0.717) is 17.7 Å². The number of ether oxygens (including phenoxy) is 1. The maximum atomic E-state index is 13.0. The van der Waals surface area contributed by atoms with Gasteiger partial charge in [-0.3, -0.25) is 9.69 Å². The first-order valence-electron chi connectivity index (χ1n) is 9.89. The Balaban J connectivity index is 1.54. The number of hydrogen-bond acceptors (Lipinski definition) is 4. The average Bonchev–Trinajstić information content (AvgIpc) is 3.34. The van der Waals surface area contributed by atoms with Gasteiger partial charge < -0.3 is 9.84 Å². The summed E-state index contributed by atoms with van der Waals surface area (Å²) in [6.07, 6.45) is 5.39. The van der Waals surface area contributed by atoms with Gasteiger partial charge in [-0.15, -0.1) is 0 Å². The third-order valence-electron chi connectivity index (χ3n) is 7.77. The van der Waals surface area contributed by atoms with Crippen LogP contribution >= 0.6 is 0 Å². The van der Waals surface area contributed by atoms with Gasteiger partial charge in [0.15, 0.2) is 23.4 Å². The summed E-state index contributed by atoms with van der Waals surface area (Å²) < 4.78 is 6.20. The molecule has 1 spiro atoms. The van der Waals surface area contributed by atoms with Crippen LogP contribution in [0.1, 0.15) is 43.7 Å². The maximum absolute atomic E-state index is 13.0. The van der Waals surface area contributed by atoms with Crippen LogP contribution in [0.3, 0.4) is 0 Å². The van der Waals surface area contributed by atoms with E-state index in [1.807, 2.05) is 0 Å². The molecule has 25 heavy (non-hydrogen) atoms. The van der Waals surface area contributed by atoms with Crippen molar-refractivity contribution in [3.05, 3.63) is 23.3 Å². The van der Waals surface area contributed by atoms with Crippen LogP contribution in [0.2, 0.25) is 0 Å². The topological polar surface area (TPSA) is 49.8 Å². The summed E-state index contributed by atoms with van der Waals surface area (Å²) in [6, 6.07) is 4.37. The van der Waals surface area contributed by atoms with Gasteiger partial charge in [-0.1, -0.05) is 13.0 Å². The molecule has 132 valence electrons. The van der Waals surface area contributed by atoms with Crippen molar-refractivity contribution in [2.75, 3.05) is 13.1 Å². The van der Waals surface area contributed by atoms with Gasteiger partial charge in [0.25, 0.3) is 0 Å². The van der Waals surface area contributed by atoms with Crippen molar-refractivity contribution in [1.82, 2.24) is 4.90 Å². The van der Waals surface area contributed by atoms with Gasteiger partial charge in [0.2, 0.25) is 0 Å². The van der Waals surface area contributed by atoms with Crippen LogP contribution in [0.5, 0.6) is 11.5 Å². The van der Waals surface area contributed by atoms with Crippen molar-refractivity contribution in [2.45, 2.75) is 56.6 Å². The molecule has 0 radical (unpaired) electrons. The molecule has 3 aliphatic carbocycles. The van der Waals surface area contributed by atoms with E-state index in [4.69, 9.17) is 4.74 Å². The number of likely N-dealkylation sites (tertiary alicyclic amines) is 1. The van der Waals surface area contributed by atoms with Crippen molar-refractivity contribution in [3.63, 3.8) is 0 Å². The predicted octanol–water partition coefficient (Wildman–Crippen LogP) is 2.66. The number of nitrogens with zero attached hydrogens (tertiary/aromatic N) is 1. The normalized spacial score (nSPS) is 41.4. The van der Waals surface area contributed by atoms with Crippen LogP contribution in [0.4, 0.5) is 0 Å². The first-order chi connectivity index (χ1) is 12.1. The molecule has 4 nitrogen and oxygen atoms in total. The zero-order valence-corrected chi connectivity index (χ0v) is 14.7. The Morgan fingerprint density at radius 3 is 3.00 bits per heavy atom. The van der Waals surface area contributed by atoms with Gasteiger partial charge in [0.1, 0.15) is 0 Å². The molecule has 2 saturated carbocycles. The largest absolute Gasteiger partial charge is 0.504 e. The Kier molecular flexibility index (Phi) is 2.68. The van der Waals surface area contributed by atoms with Crippen LogP contribution < -0.4 is 4.74 Å². The van der Waals surface area contributed by atoms with E-state index < -0.39 is 0 Å². The first kappa shape index (κ1) is 14.6. The Bertz CT molecular complexity index is 786. The number of carbonyl (C=O) groups excluding carboxylic acids is 1. The molecule has 2 bridgehead atoms. The molecule has 1 saturated heterocycles. The number of ketones is 1. The predicted molar refractivity (Wildman–Crippen MR) is 92.9 cm³/mol. The van der Waals surface area contributed by atoms with Gasteiger partial charge in [-0.2, -0.15) is 0 Å². The standard InChI is InChI=1S/C21H25NO3/c1-11-8-14-15-9-13-4-5-16(23)19-17(13)21(14,20(25-19)18(11)24)6-7-22(15)10-12-2-3-12/h4-5,11-12,14-15,20,23H,2-3,6-10H2,1H3/t11?,14-,15+,20?,21-/m0/s1. The Labute approximate surface area is 148 Å². The first-order valence-corrected chi connectivity index (χ1v) is 9.89. The van der Waals surface area contributed by atoms with Crippen molar-refractivity contribution >= 4 is 5.78 Å². The minimum Gasteiger partial charge on any atom is -0.504 e. The van der Waals surface area contributed by atoms with E-state index in [-0.39, 0.29) is 29.0 Å². The minimum atomic E-state index is -0.380. The number of rotatable bonds is 2. The molecule has 0 amide bonds. The molecule has 2 heterocycles. The van der Waals surface area contributed by atoms with E-state index >= 15 is 0 Å². The minimum absolute atomic E-state index is 0.0597. The number of piperidine rings is 1. The summed E-state index contributed by atoms with van der Waals surface area (Å²) in [5.74, 6) is 2.50. The monoisotopic (exact) mass is 339 g/mol. The van der Waals surface area contributed by atoms with Crippen molar-refractivity contribution < 1.29 is 14.6 Å². The molecule has 2 aliphatic heterocycles. The molecule has 3 fully saturated rings. The van der Waals surface area contributed by atoms with E-state index in [2.05, 4.69) is 17.9 Å². The summed E-state index contributed by atoms with van der Waals surface area (Å²) in [5, 5.41) is 10.4. The highest BCUT2D eigenvalue weighted by Crippen LogP contribution is 2.63. The van der Waals surface area contributed by atoms with Gasteiger partial charge >= 0.3 is 0 Å². The molecule has 5 atom stereocenters. The molecule has 4 heteroatoms. The summed E-state index contributed by atoms with van der Waals surface area (Å²) in [6.45, 7) is 4.36. The molecule has 0 aromatic heterocycles. The van der Waals surface area contributed by atoms with Gasteiger partial charge in [0.05, 0.1) is 0 Å². The Hall–Kier alpha value is -1.55. The molecular weight excluding hydrogens is 314 g/mol. The van der Waals surface area contributed by atoms with Crippen molar-refractivity contribution in [3.8, 4) is 11.5 Å². The summed E-state index contributed by atoms with van der Waals surface area (Å²) in [5.41, 5.74) is 2.31. The molecular formula is C21H25NO3. The van der Waals surface area contributed by atoms with Crippen LogP contribution in [0.15, 0.2) is 12.1 Å². The fourth-order valence-electron chi connectivity index (χ4n) is 6.47. The number of hydrogen-bond donors (Lipinski definition) is 1. The fourth-order valence-corrected chi connectivity index (χ4v) is 6.47. The highest BCUT2D eigenvalue weighted by molar-refractivity contribution is 5.90. The van der Waals surface area contributed by atoms with E-state index in [9.17, 15) is 9.90 Å². The lowest BCUT2D eigenvalue weighted by molar-refractivity contribution is -0.144. The van der Waals surface area contributed by atoms with E-state index in [1.54, 1.807) is 6.07 Å². The number of phenols is 1. The fraction of sp³-hybridized carbons (Fsp3) is 0.667. The van der Waals surface area contributed by atoms with Crippen molar-refractivity contribution in [2.24, 2.45) is 17.8 Å². The third kappa shape index (κ3) is 1.69. The number of phenolic OH excluding ortho intramolecular Hbond substituents is 1. The summed E-state index contributed by atoms with van der Waals surface area (Å²) in [7, 11) is 0. The van der Waals surface area contributed by atoms with Crippen molar-refractivity contribution in [1.29, 1.82) is 0 Å². The molecule has 2 unspecified atom stereocenters. The Morgan fingerprint density at radius 2 is 2.20 bits per heavy atom. The lowest BCUT2D eigenvalue weighted by Crippen LogP contribution is -2.67. The molecule has 1 N–H and O–H groups in total. The zero-order chi connectivity index (χ0) is 16.9. The SMILES string of the molecule is CC1C[C@H]2[C@H]3Cc4ccc(O)c5c4[C@@]2(CCN3CC2CC2)C(O5)C1=O. The lowest BCUT2D eigenvalue weighted by Gasteiger charge is -2.58. The molecule has 6 rings (SSSR count). The Morgan fingerprint density at radius 1 is 1.36 bits per heavy atom. The van der Waals surface area contributed by atoms with Gasteiger partial charge in [0, 0.05) is 29.5 Å². The quantitative estimate of drug-likeness (QED) is 0.900. The van der Waals surface area contributed by atoms with Crippen LogP contribution in [0.25, 0.3) is 0 Å². The zero-order valence-electron chi connectivity index (χ0n) is 14.7. The number of aromatic hydroxyl groups is 1. The van der Waals surface area contributed by atoms with Crippen LogP contribution in [-0.4, -0.2) is 41.0 Å². The second-order valence-corrected chi connectivity index (χ2v) is 9.09. The number of Topliss-reactive ketones (excluding diaryl/α,β-unsaturated/α-hetero) is 1. The third-order valence-corrected chi connectivity index (χ3v) is 7.77. The van der Waals surface area contributed by atoms with E-state index in [1.165, 1.54) is 30.5 Å². The second kappa shape index (κ2) is 4.59. The van der Waals surface area contributed by atoms with Crippen LogP contribution in [-0.2, 0) is 16.6 Å². The number of benzene rings is 1. The van der Waals surface area contributed by atoms with Gasteiger partial charge in [-0.25, -0.2) is 0 Å². The van der Waals surface area contributed by atoms with E-state index in [0.717, 1.165) is 31.7 Å². The van der Waals surface area contributed by atoms with Gasteiger partial charge in [-0.05, 0) is 62.1 Å². The maximum Gasteiger partial charge on any atom is 0.177 e. The second-order valence-electron chi connectivity index (χ2n) is 9.09. The lowest BCUT2D eigenvalue weighted by atomic mass is 9.50. The molecule has 5 aliphatic rings. The summed E-state index contributed by atoms with van der Waals surface area (Å²) >= 11 is 0. The summed E-state index contributed by atoms with van der Waals surface area (Å²) in [4.78, 5) is 15.7. The molecule has 1 aromatic carbocycles. The van der Waals surface area contributed by atoms with Crippen LogP contribution in [0, 0.1) is 17.8 Å².